The second-order valence-electron chi connectivity index (χ2n) is 19.6. The summed E-state index contributed by atoms with van der Waals surface area (Å²) in [7, 11) is -35.1. The Kier molecular flexibility index (Phi) is 13.9. The Labute approximate surface area is 336 Å². The van der Waals surface area contributed by atoms with Crippen LogP contribution in [0.15, 0.2) is 12.3 Å². The SMILES string of the molecule is C=C[Si](C)(C)O[Si]12O[Si]3(CC(C)C)O[Si]4(CC(C)C)O[Si]5(CC(C)C)O[Si](CC(C)C)(O3)O[Si](CC(C)C)(O[Si](CC(C)C)(O5)O[Si](CC(C)C)(O4)O1)O2. The molecule has 0 aliphatic carbocycles. The van der Waals surface area contributed by atoms with Gasteiger partial charge in [-0.25, -0.2) is 0 Å². The summed E-state index contributed by atoms with van der Waals surface area (Å²) in [5.41, 5.74) is 1.86. The topological polar surface area (TPSA) is 120 Å². The monoisotopic (exact) mass is 916 g/mol. The first-order valence-electron chi connectivity index (χ1n) is 20.4. The van der Waals surface area contributed by atoms with Crippen LogP contribution in [-0.2, 0) is 53.5 Å². The van der Waals surface area contributed by atoms with Gasteiger partial charge in [-0.05, 0) is 54.5 Å². The first-order valence-corrected chi connectivity index (χ1v) is 38.6. The molecule has 22 heteroatoms. The van der Waals surface area contributed by atoms with E-state index >= 15 is 0 Å². The van der Waals surface area contributed by atoms with Gasteiger partial charge in [-0.15, -0.1) is 6.58 Å². The van der Waals surface area contributed by atoms with Gasteiger partial charge in [0, 0.05) is 42.3 Å². The highest BCUT2D eigenvalue weighted by Crippen LogP contribution is 2.55. The van der Waals surface area contributed by atoms with E-state index in [4.69, 9.17) is 53.5 Å². The van der Waals surface area contributed by atoms with Crippen LogP contribution in [0, 0.1) is 41.4 Å². The highest BCUT2D eigenvalue weighted by Gasteiger charge is 2.84. The van der Waals surface area contributed by atoms with Crippen molar-refractivity contribution in [1.82, 2.24) is 0 Å². The van der Waals surface area contributed by atoms with Crippen LogP contribution in [-0.4, -0.2) is 79.0 Å². The predicted molar refractivity (Wildman–Crippen MR) is 225 cm³/mol. The van der Waals surface area contributed by atoms with Crippen molar-refractivity contribution in [1.29, 1.82) is 0 Å². The molecule has 6 heterocycles. The Morgan fingerprint density at radius 3 is 0.685 bits per heavy atom. The summed E-state index contributed by atoms with van der Waals surface area (Å²) in [5, 5.41) is 0. The minimum atomic E-state index is -4.45. The quantitative estimate of drug-likeness (QED) is 0.130. The normalized spacial score (nSPS) is 41.0. The van der Waals surface area contributed by atoms with Crippen molar-refractivity contribution in [2.45, 2.75) is 152 Å². The van der Waals surface area contributed by atoms with Crippen molar-refractivity contribution in [2.24, 2.45) is 41.4 Å². The molecule has 0 saturated carbocycles. The van der Waals surface area contributed by atoms with Crippen molar-refractivity contribution in [3.8, 4) is 0 Å². The summed E-state index contributed by atoms with van der Waals surface area (Å²) < 4.78 is 99.7. The van der Waals surface area contributed by atoms with Gasteiger partial charge in [0.1, 0.15) is 0 Å². The molecule has 0 aromatic rings. The van der Waals surface area contributed by atoms with E-state index in [2.05, 4.69) is 117 Å². The van der Waals surface area contributed by atoms with E-state index in [0.29, 0.717) is 42.3 Å². The number of hydrogen-bond donors (Lipinski definition) is 0. The molecule has 6 rings (SSSR count). The fourth-order valence-electron chi connectivity index (χ4n) is 8.00. The molecule has 0 N–H and O–H groups in total. The van der Waals surface area contributed by atoms with Crippen molar-refractivity contribution in [3.05, 3.63) is 12.3 Å². The van der Waals surface area contributed by atoms with Gasteiger partial charge in [0.05, 0.1) is 0 Å². The molecule has 0 spiro atoms. The average molecular weight is 918 g/mol. The fourth-order valence-corrected chi connectivity index (χ4v) is 61.2. The first-order chi connectivity index (χ1) is 24.7. The van der Waals surface area contributed by atoms with Crippen LogP contribution >= 0.6 is 0 Å². The van der Waals surface area contributed by atoms with E-state index < -0.39 is 79.0 Å². The highest BCUT2D eigenvalue weighted by molar-refractivity contribution is 7.03. The molecule has 0 unspecified atom stereocenters. The second kappa shape index (κ2) is 16.2. The van der Waals surface area contributed by atoms with E-state index in [1.807, 2.05) is 5.70 Å². The third-order valence-electron chi connectivity index (χ3n) is 9.13. The Morgan fingerprint density at radius 1 is 0.370 bits per heavy atom. The van der Waals surface area contributed by atoms with Gasteiger partial charge < -0.3 is 53.5 Å². The lowest BCUT2D eigenvalue weighted by Crippen LogP contribution is -2.89. The Morgan fingerprint density at radius 2 is 0.537 bits per heavy atom. The van der Waals surface area contributed by atoms with Crippen LogP contribution in [0.3, 0.4) is 0 Å². The van der Waals surface area contributed by atoms with E-state index in [0.717, 1.165) is 0 Å². The van der Waals surface area contributed by atoms with E-state index in [1.54, 1.807) is 0 Å². The molecule has 0 aromatic heterocycles. The summed E-state index contributed by atoms with van der Waals surface area (Å²) >= 11 is 0. The zero-order valence-electron chi connectivity index (χ0n) is 36.1. The molecule has 0 aromatic carbocycles. The molecule has 314 valence electrons. The number of rotatable bonds is 17. The first kappa shape index (κ1) is 46.2. The predicted octanol–water partition coefficient (Wildman–Crippen LogP) is 8.80. The molecule has 13 nitrogen and oxygen atoms in total. The van der Waals surface area contributed by atoms with Gasteiger partial charge >= 0.3 is 70.7 Å². The molecule has 0 atom stereocenters. The Hall–Kier alpha value is 1.17. The largest absolute Gasteiger partial charge is 0.646 e. The van der Waals surface area contributed by atoms with E-state index in [9.17, 15) is 0 Å². The van der Waals surface area contributed by atoms with Gasteiger partial charge in [-0.3, -0.25) is 0 Å². The van der Waals surface area contributed by atoms with E-state index in [-0.39, 0.29) is 41.4 Å². The molecule has 0 radical (unpaired) electrons. The van der Waals surface area contributed by atoms with Crippen molar-refractivity contribution in [3.63, 3.8) is 0 Å². The second-order valence-corrected chi connectivity index (χ2v) is 47.3. The maximum absolute atomic E-state index is 7.74. The molecule has 8 bridgehead atoms. The van der Waals surface area contributed by atoms with Crippen LogP contribution in [0.25, 0.3) is 0 Å². The Balaban J connectivity index is 1.99. The van der Waals surface area contributed by atoms with Gasteiger partial charge in [0.15, 0.2) is 0 Å². The standard InChI is InChI=1S/C32H72O13Si9/c1-18-46(16,17)33-54-43-51(23-30(10)11)37-48(20-27(4)5)34-47(19-26(2)3)35-49(39-51,21-28(6)7)41-53(45-54,25-32(14)15)42-50(36-47,22-29(8)9)40-52(38-48,44-54)24-31(12)13/h18,26-32H,1,19-25H2,2-17H3. The van der Waals surface area contributed by atoms with Gasteiger partial charge in [0.25, 0.3) is 0 Å². The fraction of sp³-hybridized carbons (Fsp3) is 0.938. The highest BCUT2D eigenvalue weighted by atomic mass is 28.6. The molecule has 6 fully saturated rings. The molecule has 6 aliphatic heterocycles. The summed E-state index contributed by atoms with van der Waals surface area (Å²) in [4.78, 5) is 0. The maximum atomic E-state index is 7.74. The van der Waals surface area contributed by atoms with Crippen molar-refractivity contribution < 1.29 is 53.5 Å². The minimum absolute atomic E-state index is 0.0754. The van der Waals surface area contributed by atoms with Crippen LogP contribution in [0.2, 0.25) is 55.4 Å². The third kappa shape index (κ3) is 10.5. The molecule has 0 amide bonds. The summed E-state index contributed by atoms with van der Waals surface area (Å²) in [6.45, 7) is 38.3. The lowest BCUT2D eigenvalue weighted by atomic mass is 10.3. The smallest absolute Gasteiger partial charge is 0.391 e. The van der Waals surface area contributed by atoms with Crippen LogP contribution in [0.4, 0.5) is 0 Å². The van der Waals surface area contributed by atoms with Crippen molar-refractivity contribution in [2.75, 3.05) is 0 Å². The molecule has 54 heavy (non-hydrogen) atoms. The molecule has 6 saturated heterocycles. The zero-order valence-corrected chi connectivity index (χ0v) is 45.1. The van der Waals surface area contributed by atoms with Gasteiger partial charge in [-0.2, -0.15) is 0 Å². The van der Waals surface area contributed by atoms with Crippen LogP contribution in [0.1, 0.15) is 96.9 Å². The maximum Gasteiger partial charge on any atom is 0.646 e. The molecular formula is C32H72O13Si9. The number of hydrogen-bond acceptors (Lipinski definition) is 13. The summed E-state index contributed by atoms with van der Waals surface area (Å²) in [6, 6.07) is 3.10. The lowest BCUT2D eigenvalue weighted by molar-refractivity contribution is -0.0502. The molecular weight excluding hydrogens is 845 g/mol. The summed E-state index contributed by atoms with van der Waals surface area (Å²) in [5.74, 6) is 0.661. The average Bonchev–Trinajstić information content (AvgIpc) is 2.85. The van der Waals surface area contributed by atoms with Gasteiger partial charge in [0.2, 0.25) is 8.32 Å². The molecule has 6 aliphatic rings. The van der Waals surface area contributed by atoms with E-state index in [1.165, 1.54) is 0 Å². The minimum Gasteiger partial charge on any atom is -0.391 e. The third-order valence-corrected chi connectivity index (χ3v) is 51.6. The van der Waals surface area contributed by atoms with Crippen LogP contribution < -0.4 is 0 Å². The lowest BCUT2D eigenvalue weighted by Gasteiger charge is -2.63. The zero-order chi connectivity index (χ0) is 40.4. The Bertz CT molecular complexity index is 1190. The summed E-state index contributed by atoms with van der Waals surface area (Å²) in [6.07, 6.45) is 0. The van der Waals surface area contributed by atoms with Crippen LogP contribution in [0.5, 0.6) is 0 Å². The van der Waals surface area contributed by atoms with Crippen molar-refractivity contribution >= 4 is 79.0 Å². The van der Waals surface area contributed by atoms with Gasteiger partial charge in [-0.1, -0.05) is 103 Å².